The molecular weight excluding hydrogens is 310 g/mol. The Kier molecular flexibility index (Phi) is 2.93. The monoisotopic (exact) mass is 323 g/mol. The second-order valence-corrected chi connectivity index (χ2v) is 5.55. The van der Waals surface area contributed by atoms with Gasteiger partial charge in [-0.05, 0) is 28.8 Å². The lowest BCUT2D eigenvalue weighted by Crippen LogP contribution is -2.12. The fourth-order valence-electron chi connectivity index (χ4n) is 2.85. The molecule has 1 aliphatic rings. The molecule has 3 rings (SSSR count). The Morgan fingerprint density at radius 3 is 2.68 bits per heavy atom. The number of nitrogen functional groups attached to an aromatic ring is 1. The van der Waals surface area contributed by atoms with Crippen LogP contribution in [0.2, 0.25) is 0 Å². The summed E-state index contributed by atoms with van der Waals surface area (Å²) in [6.07, 6.45) is 5.93. The van der Waals surface area contributed by atoms with Gasteiger partial charge in [-0.15, -0.1) is 0 Å². The lowest BCUT2D eigenvalue weighted by molar-refractivity contribution is 0.100. The minimum Gasteiger partial charge on any atom is -0.383 e. The van der Waals surface area contributed by atoms with Crippen LogP contribution < -0.4 is 11.5 Å². The first-order valence-corrected chi connectivity index (χ1v) is 7.00. The highest BCUT2D eigenvalue weighted by Crippen LogP contribution is 2.39. The van der Waals surface area contributed by atoms with Gasteiger partial charge in [0.25, 0.3) is 5.91 Å². The number of carbonyl (C=O) groups is 1. The predicted octanol–water partition coefficient (Wildman–Crippen LogP) is 1.99. The summed E-state index contributed by atoms with van der Waals surface area (Å²) < 4.78 is 2.69. The lowest BCUT2D eigenvalue weighted by Gasteiger charge is -2.14. The molecule has 0 radical (unpaired) electrons. The Bertz CT molecular complexity index is 660. The highest BCUT2D eigenvalue weighted by molar-refractivity contribution is 9.10. The van der Waals surface area contributed by atoms with Gasteiger partial charge in [0.1, 0.15) is 22.4 Å². The van der Waals surface area contributed by atoms with E-state index in [1.165, 1.54) is 19.2 Å². The van der Waals surface area contributed by atoms with Gasteiger partial charge >= 0.3 is 0 Å². The molecule has 19 heavy (non-hydrogen) atoms. The summed E-state index contributed by atoms with van der Waals surface area (Å²) in [7, 11) is 0. The van der Waals surface area contributed by atoms with Gasteiger partial charge in [-0.1, -0.05) is 12.8 Å². The Morgan fingerprint density at radius 1 is 1.37 bits per heavy atom. The maximum absolute atomic E-state index is 11.7. The average molecular weight is 324 g/mol. The van der Waals surface area contributed by atoms with Crippen molar-refractivity contribution in [3.05, 3.63) is 16.5 Å². The number of anilines is 1. The van der Waals surface area contributed by atoms with Crippen molar-refractivity contribution in [1.82, 2.24) is 14.5 Å². The van der Waals surface area contributed by atoms with Crippen molar-refractivity contribution in [1.29, 1.82) is 0 Å². The SMILES string of the molecule is NC(=O)c1c(Br)n(C2CCCC2)c2ncnc(N)c12. The second kappa shape index (κ2) is 4.48. The number of nitrogens with zero attached hydrogens (tertiary/aromatic N) is 3. The van der Waals surface area contributed by atoms with E-state index in [4.69, 9.17) is 11.5 Å². The molecule has 6 nitrogen and oxygen atoms in total. The summed E-state index contributed by atoms with van der Waals surface area (Å²) in [6.45, 7) is 0. The van der Waals surface area contributed by atoms with Crippen molar-refractivity contribution in [2.24, 2.45) is 5.73 Å². The van der Waals surface area contributed by atoms with Crippen LogP contribution in [-0.2, 0) is 0 Å². The predicted molar refractivity (Wildman–Crippen MR) is 75.7 cm³/mol. The molecule has 2 heterocycles. The van der Waals surface area contributed by atoms with Crippen LogP contribution in [0, 0.1) is 0 Å². The molecule has 0 spiro atoms. The molecule has 4 N–H and O–H groups in total. The van der Waals surface area contributed by atoms with E-state index in [1.807, 2.05) is 4.57 Å². The molecule has 0 bridgehead atoms. The third kappa shape index (κ3) is 1.80. The number of amides is 1. The van der Waals surface area contributed by atoms with Crippen LogP contribution in [0.15, 0.2) is 10.9 Å². The zero-order valence-electron chi connectivity index (χ0n) is 10.3. The number of nitrogens with two attached hydrogens (primary N) is 2. The normalized spacial score (nSPS) is 16.3. The molecule has 0 aliphatic heterocycles. The molecule has 100 valence electrons. The number of hydrogen-bond donors (Lipinski definition) is 2. The summed E-state index contributed by atoms with van der Waals surface area (Å²) in [6, 6.07) is 0.333. The minimum atomic E-state index is -0.518. The number of carbonyl (C=O) groups excluding carboxylic acids is 1. The van der Waals surface area contributed by atoms with Gasteiger partial charge in [-0.25, -0.2) is 9.97 Å². The highest BCUT2D eigenvalue weighted by atomic mass is 79.9. The fourth-order valence-corrected chi connectivity index (χ4v) is 3.70. The number of primary amides is 1. The van der Waals surface area contributed by atoms with Crippen molar-refractivity contribution < 1.29 is 4.79 Å². The molecule has 1 saturated carbocycles. The Hall–Kier alpha value is -1.63. The quantitative estimate of drug-likeness (QED) is 0.882. The number of fused-ring (bicyclic) bond motifs is 1. The molecule has 0 saturated heterocycles. The van der Waals surface area contributed by atoms with Crippen LogP contribution in [0.5, 0.6) is 0 Å². The van der Waals surface area contributed by atoms with Crippen LogP contribution in [0.25, 0.3) is 11.0 Å². The average Bonchev–Trinajstić information content (AvgIpc) is 2.94. The molecule has 1 fully saturated rings. The maximum atomic E-state index is 11.7. The van der Waals surface area contributed by atoms with E-state index in [2.05, 4.69) is 25.9 Å². The van der Waals surface area contributed by atoms with Crippen molar-refractivity contribution in [2.75, 3.05) is 5.73 Å². The summed E-state index contributed by atoms with van der Waals surface area (Å²) in [5.41, 5.74) is 12.4. The first-order valence-electron chi connectivity index (χ1n) is 6.21. The standard InChI is InChI=1S/C12H14BrN5O/c13-9-7(11(15)19)8-10(14)16-5-17-12(8)18(9)6-3-1-2-4-6/h5-6H,1-4H2,(H2,15,19)(H2,14,16,17). The second-order valence-electron chi connectivity index (χ2n) is 4.80. The number of rotatable bonds is 2. The van der Waals surface area contributed by atoms with E-state index in [1.54, 1.807) is 0 Å². The van der Waals surface area contributed by atoms with Crippen molar-refractivity contribution >= 4 is 38.7 Å². The largest absolute Gasteiger partial charge is 0.383 e. The van der Waals surface area contributed by atoms with Crippen LogP contribution in [0.1, 0.15) is 42.1 Å². The highest BCUT2D eigenvalue weighted by Gasteiger charge is 2.28. The van der Waals surface area contributed by atoms with Crippen molar-refractivity contribution in [3.8, 4) is 0 Å². The molecule has 2 aromatic heterocycles. The minimum absolute atomic E-state index is 0.288. The number of hydrogen-bond acceptors (Lipinski definition) is 4. The smallest absolute Gasteiger partial charge is 0.252 e. The van der Waals surface area contributed by atoms with Crippen LogP contribution in [0.3, 0.4) is 0 Å². The van der Waals surface area contributed by atoms with Gasteiger partial charge in [-0.2, -0.15) is 0 Å². The molecule has 1 aliphatic carbocycles. The van der Waals surface area contributed by atoms with Crippen LogP contribution >= 0.6 is 15.9 Å². The first kappa shape index (κ1) is 12.4. The summed E-state index contributed by atoms with van der Waals surface area (Å²) in [5, 5.41) is 0.550. The Morgan fingerprint density at radius 2 is 2.05 bits per heavy atom. The topological polar surface area (TPSA) is 99.8 Å². The Labute approximate surface area is 118 Å². The number of halogens is 1. The molecule has 2 aromatic rings. The van der Waals surface area contributed by atoms with Crippen LogP contribution in [0.4, 0.5) is 5.82 Å². The fraction of sp³-hybridized carbons (Fsp3) is 0.417. The van der Waals surface area contributed by atoms with Gasteiger partial charge in [0, 0.05) is 6.04 Å². The number of aromatic nitrogens is 3. The van der Waals surface area contributed by atoms with E-state index in [9.17, 15) is 4.79 Å². The molecule has 7 heteroatoms. The summed E-state index contributed by atoms with van der Waals surface area (Å²) in [5.74, 6) is -0.230. The summed E-state index contributed by atoms with van der Waals surface area (Å²) in [4.78, 5) is 19.9. The molecule has 0 aromatic carbocycles. The van der Waals surface area contributed by atoms with Gasteiger partial charge in [0.15, 0.2) is 0 Å². The molecule has 0 atom stereocenters. The third-order valence-electron chi connectivity index (χ3n) is 3.69. The Balaban J connectivity index is 2.35. The van der Waals surface area contributed by atoms with E-state index >= 15 is 0 Å². The molecular formula is C12H14BrN5O. The van der Waals surface area contributed by atoms with E-state index in [0.29, 0.717) is 27.2 Å². The van der Waals surface area contributed by atoms with Gasteiger partial charge < -0.3 is 16.0 Å². The van der Waals surface area contributed by atoms with E-state index in [-0.39, 0.29) is 5.82 Å². The first-order chi connectivity index (χ1) is 9.11. The van der Waals surface area contributed by atoms with Crippen molar-refractivity contribution in [3.63, 3.8) is 0 Å². The van der Waals surface area contributed by atoms with E-state index < -0.39 is 5.91 Å². The molecule has 0 unspecified atom stereocenters. The third-order valence-corrected chi connectivity index (χ3v) is 4.47. The van der Waals surface area contributed by atoms with Crippen LogP contribution in [-0.4, -0.2) is 20.4 Å². The molecule has 1 amide bonds. The lowest BCUT2D eigenvalue weighted by atomic mass is 10.2. The zero-order valence-corrected chi connectivity index (χ0v) is 11.9. The zero-order chi connectivity index (χ0) is 13.6. The van der Waals surface area contributed by atoms with Gasteiger partial charge in [0.2, 0.25) is 0 Å². The van der Waals surface area contributed by atoms with Gasteiger partial charge in [-0.3, -0.25) is 4.79 Å². The summed E-state index contributed by atoms with van der Waals surface area (Å²) >= 11 is 3.48. The van der Waals surface area contributed by atoms with Gasteiger partial charge in [0.05, 0.1) is 10.9 Å². The van der Waals surface area contributed by atoms with E-state index in [0.717, 1.165) is 12.8 Å². The van der Waals surface area contributed by atoms with Crippen molar-refractivity contribution in [2.45, 2.75) is 31.7 Å². The maximum Gasteiger partial charge on any atom is 0.252 e.